The molecule has 0 bridgehead atoms. The van der Waals surface area contributed by atoms with Gasteiger partial charge in [-0.1, -0.05) is 152 Å². The second kappa shape index (κ2) is 12.5. The molecule has 0 amide bonds. The maximum Gasteiger partial charge on any atom is 0.0625 e. The molecule has 0 aliphatic heterocycles. The molecule has 0 N–H and O–H groups in total. The molecule has 0 unspecified atom stereocenters. The Hall–Kier alpha value is -6.90. The van der Waals surface area contributed by atoms with E-state index < -0.39 is 0 Å². The Labute approximate surface area is 303 Å². The van der Waals surface area contributed by atoms with Gasteiger partial charge in [0.2, 0.25) is 0 Å². The zero-order chi connectivity index (χ0) is 34.4. The fourth-order valence-corrected chi connectivity index (χ4v) is 7.99. The Balaban J connectivity index is 1.25. The Morgan fingerprint density at radius 1 is 0.365 bits per heavy atom. The molecule has 0 fully saturated rings. The molecule has 0 saturated heterocycles. The predicted molar refractivity (Wildman–Crippen MR) is 221 cm³/mol. The summed E-state index contributed by atoms with van der Waals surface area (Å²) in [4.78, 5) is 2.42. The third-order valence-electron chi connectivity index (χ3n) is 10.3. The van der Waals surface area contributed by atoms with E-state index in [9.17, 15) is 0 Å². The van der Waals surface area contributed by atoms with Gasteiger partial charge in [-0.25, -0.2) is 0 Å². The van der Waals surface area contributed by atoms with Gasteiger partial charge in [0.25, 0.3) is 0 Å². The largest absolute Gasteiger partial charge is 0.310 e. The van der Waals surface area contributed by atoms with Crippen molar-refractivity contribution in [2.45, 2.75) is 0 Å². The number of nitrogens with zero attached hydrogens (tertiary/aromatic N) is 2. The molecule has 2 heteroatoms. The molecule has 0 radical (unpaired) electrons. The summed E-state index contributed by atoms with van der Waals surface area (Å²) < 4.78 is 2.44. The lowest BCUT2D eigenvalue weighted by molar-refractivity contribution is 1.19. The summed E-state index contributed by atoms with van der Waals surface area (Å²) in [5.41, 5.74) is 11.7. The van der Waals surface area contributed by atoms with Gasteiger partial charge >= 0.3 is 0 Å². The number of rotatable bonds is 6. The van der Waals surface area contributed by atoms with Crippen molar-refractivity contribution in [2.75, 3.05) is 4.90 Å². The van der Waals surface area contributed by atoms with Crippen LogP contribution in [0.3, 0.4) is 0 Å². The molecule has 0 aliphatic carbocycles. The number of para-hydroxylation sites is 3. The van der Waals surface area contributed by atoms with E-state index in [0.29, 0.717) is 0 Å². The molecule has 1 heterocycles. The van der Waals surface area contributed by atoms with E-state index >= 15 is 0 Å². The first-order valence-corrected chi connectivity index (χ1v) is 17.9. The lowest BCUT2D eigenvalue weighted by Gasteiger charge is -2.28. The van der Waals surface area contributed by atoms with Crippen LogP contribution in [0.1, 0.15) is 0 Å². The highest BCUT2D eigenvalue weighted by molar-refractivity contribution is 6.24. The Kier molecular flexibility index (Phi) is 7.18. The molecule has 244 valence electrons. The molecule has 10 aromatic rings. The van der Waals surface area contributed by atoms with Gasteiger partial charge in [0, 0.05) is 38.8 Å². The number of hydrogen-bond acceptors (Lipinski definition) is 1. The zero-order valence-electron chi connectivity index (χ0n) is 28.5. The topological polar surface area (TPSA) is 8.17 Å². The van der Waals surface area contributed by atoms with E-state index in [-0.39, 0.29) is 0 Å². The Morgan fingerprint density at radius 2 is 1.00 bits per heavy atom. The fraction of sp³-hybridized carbons (Fsp3) is 0. The zero-order valence-corrected chi connectivity index (χ0v) is 28.5. The molecule has 9 aromatic carbocycles. The lowest BCUT2D eigenvalue weighted by atomic mass is 9.94. The van der Waals surface area contributed by atoms with Crippen LogP contribution in [0.25, 0.3) is 71.3 Å². The van der Waals surface area contributed by atoms with Gasteiger partial charge in [0.1, 0.15) is 0 Å². The molecule has 1 aromatic heterocycles. The standard InChI is InChI=1S/C50H34N2/c1-3-17-36(18-4-1)43-25-11-13-28-47(43)51(42-31-30-35-16-7-8-19-37(35)32-42)41-24-15-21-38(33-41)46-34-39-20-9-10-26-44(39)50-49(46)45-27-12-14-29-48(45)52(50)40-22-5-2-6-23-40/h1-34H. The van der Waals surface area contributed by atoms with Crippen molar-refractivity contribution >= 4 is 60.4 Å². The van der Waals surface area contributed by atoms with E-state index in [1.165, 1.54) is 65.6 Å². The monoisotopic (exact) mass is 662 g/mol. The van der Waals surface area contributed by atoms with Gasteiger partial charge in [0.15, 0.2) is 0 Å². The number of anilines is 3. The van der Waals surface area contributed by atoms with Crippen molar-refractivity contribution in [2.24, 2.45) is 0 Å². The number of hydrogen-bond donors (Lipinski definition) is 0. The first kappa shape index (κ1) is 30.0. The molecule has 2 nitrogen and oxygen atoms in total. The summed E-state index contributed by atoms with van der Waals surface area (Å²) in [7, 11) is 0. The summed E-state index contributed by atoms with van der Waals surface area (Å²) in [6.45, 7) is 0. The van der Waals surface area contributed by atoms with Crippen molar-refractivity contribution in [1.29, 1.82) is 0 Å². The molecule has 0 atom stereocenters. The minimum atomic E-state index is 1.10. The van der Waals surface area contributed by atoms with E-state index in [4.69, 9.17) is 0 Å². The lowest BCUT2D eigenvalue weighted by Crippen LogP contribution is -2.11. The highest BCUT2D eigenvalue weighted by Gasteiger charge is 2.21. The van der Waals surface area contributed by atoms with Gasteiger partial charge in [-0.15, -0.1) is 0 Å². The highest BCUT2D eigenvalue weighted by Crippen LogP contribution is 2.46. The predicted octanol–water partition coefficient (Wildman–Crippen LogP) is 13.9. The smallest absolute Gasteiger partial charge is 0.0625 e. The molecule has 10 rings (SSSR count). The summed E-state index contributed by atoms with van der Waals surface area (Å²) in [5, 5.41) is 7.40. The van der Waals surface area contributed by atoms with Gasteiger partial charge in [-0.3, -0.25) is 0 Å². The van der Waals surface area contributed by atoms with Crippen LogP contribution in [-0.4, -0.2) is 4.57 Å². The van der Waals surface area contributed by atoms with Gasteiger partial charge in [-0.05, 0) is 87.4 Å². The Bertz CT molecular complexity index is 2900. The van der Waals surface area contributed by atoms with E-state index in [1.807, 2.05) is 0 Å². The van der Waals surface area contributed by atoms with Crippen LogP contribution in [-0.2, 0) is 0 Å². The average Bonchev–Trinajstić information content (AvgIpc) is 3.57. The van der Waals surface area contributed by atoms with Crippen molar-refractivity contribution < 1.29 is 0 Å². The summed E-state index contributed by atoms with van der Waals surface area (Å²) in [6, 6.07) is 74.7. The van der Waals surface area contributed by atoms with E-state index in [1.54, 1.807) is 0 Å². The van der Waals surface area contributed by atoms with Crippen molar-refractivity contribution in [1.82, 2.24) is 4.57 Å². The van der Waals surface area contributed by atoms with Crippen molar-refractivity contribution in [3.05, 3.63) is 206 Å². The maximum atomic E-state index is 2.44. The molecule has 0 saturated carbocycles. The minimum absolute atomic E-state index is 1.10. The van der Waals surface area contributed by atoms with Crippen molar-refractivity contribution in [3.63, 3.8) is 0 Å². The first-order chi connectivity index (χ1) is 25.8. The van der Waals surface area contributed by atoms with E-state index in [0.717, 1.165) is 22.7 Å². The first-order valence-electron chi connectivity index (χ1n) is 17.9. The van der Waals surface area contributed by atoms with Gasteiger partial charge in [-0.2, -0.15) is 0 Å². The molecule has 52 heavy (non-hydrogen) atoms. The maximum absolute atomic E-state index is 2.44. The second-order valence-electron chi connectivity index (χ2n) is 13.4. The summed E-state index contributed by atoms with van der Waals surface area (Å²) in [5.74, 6) is 0. The van der Waals surface area contributed by atoms with Crippen LogP contribution in [0.4, 0.5) is 17.1 Å². The fourth-order valence-electron chi connectivity index (χ4n) is 7.99. The molecule has 0 spiro atoms. The molecular formula is C50H34N2. The molecule has 0 aliphatic rings. The normalized spacial score (nSPS) is 11.5. The average molecular weight is 663 g/mol. The number of aromatic nitrogens is 1. The summed E-state index contributed by atoms with van der Waals surface area (Å²) >= 11 is 0. The van der Waals surface area contributed by atoms with Crippen LogP contribution in [0.2, 0.25) is 0 Å². The van der Waals surface area contributed by atoms with Crippen LogP contribution in [0.5, 0.6) is 0 Å². The van der Waals surface area contributed by atoms with E-state index in [2.05, 4.69) is 216 Å². The van der Waals surface area contributed by atoms with Crippen LogP contribution in [0, 0.1) is 0 Å². The third kappa shape index (κ3) is 4.96. The van der Waals surface area contributed by atoms with Crippen molar-refractivity contribution in [3.8, 4) is 27.9 Å². The van der Waals surface area contributed by atoms with Gasteiger partial charge in [0.05, 0.1) is 16.7 Å². The number of benzene rings is 9. The summed E-state index contributed by atoms with van der Waals surface area (Å²) in [6.07, 6.45) is 0. The SMILES string of the molecule is c1ccc(-c2ccccc2N(c2cccc(-c3cc4ccccc4c4c3c3ccccc3n4-c3ccccc3)c2)c2ccc3ccccc3c2)cc1. The van der Waals surface area contributed by atoms with Crippen LogP contribution >= 0.6 is 0 Å². The quantitative estimate of drug-likeness (QED) is 0.172. The second-order valence-corrected chi connectivity index (χ2v) is 13.4. The molecular weight excluding hydrogens is 629 g/mol. The number of fused-ring (bicyclic) bond motifs is 6. The third-order valence-corrected chi connectivity index (χ3v) is 10.3. The van der Waals surface area contributed by atoms with Gasteiger partial charge < -0.3 is 9.47 Å². The van der Waals surface area contributed by atoms with Crippen LogP contribution < -0.4 is 4.90 Å². The highest BCUT2D eigenvalue weighted by atomic mass is 15.1. The van der Waals surface area contributed by atoms with Crippen LogP contribution in [0.15, 0.2) is 206 Å². The Morgan fingerprint density at radius 3 is 1.85 bits per heavy atom. The minimum Gasteiger partial charge on any atom is -0.310 e.